The van der Waals surface area contributed by atoms with Crippen molar-refractivity contribution in [1.82, 2.24) is 9.97 Å². The van der Waals surface area contributed by atoms with E-state index < -0.39 is 0 Å². The van der Waals surface area contributed by atoms with Crippen molar-refractivity contribution < 1.29 is 9.47 Å². The normalized spacial score (nSPS) is 28.9. The van der Waals surface area contributed by atoms with Crippen LogP contribution in [-0.2, 0) is 9.47 Å². The fourth-order valence-electron chi connectivity index (χ4n) is 2.48. The van der Waals surface area contributed by atoms with Crippen molar-refractivity contribution in [3.63, 3.8) is 0 Å². The van der Waals surface area contributed by atoms with E-state index in [0.717, 1.165) is 44.2 Å². The average molecular weight is 235 g/mol. The Bertz CT molecular complexity index is 404. The highest BCUT2D eigenvalue weighted by Crippen LogP contribution is 2.29. The second-order valence-corrected chi connectivity index (χ2v) is 4.77. The Hall–Kier alpha value is -1.20. The van der Waals surface area contributed by atoms with E-state index in [2.05, 4.69) is 14.9 Å². The molecule has 3 heterocycles. The van der Waals surface area contributed by atoms with Crippen LogP contribution in [0.1, 0.15) is 12.1 Å². The van der Waals surface area contributed by atoms with Crippen LogP contribution in [0.2, 0.25) is 0 Å². The van der Waals surface area contributed by atoms with Crippen molar-refractivity contribution in [2.24, 2.45) is 0 Å². The molecule has 1 atom stereocenters. The summed E-state index contributed by atoms with van der Waals surface area (Å²) in [5.41, 5.74) is 0.884. The van der Waals surface area contributed by atoms with Gasteiger partial charge in [-0.1, -0.05) is 0 Å². The number of anilines is 1. The van der Waals surface area contributed by atoms with Crippen LogP contribution in [0.15, 0.2) is 12.4 Å². The van der Waals surface area contributed by atoms with Gasteiger partial charge in [0.15, 0.2) is 0 Å². The molecule has 5 nitrogen and oxygen atoms in total. The van der Waals surface area contributed by atoms with E-state index in [4.69, 9.17) is 9.47 Å². The molecule has 2 aliphatic heterocycles. The summed E-state index contributed by atoms with van der Waals surface area (Å²) in [6.45, 7) is 5.98. The van der Waals surface area contributed by atoms with Gasteiger partial charge in [0.1, 0.15) is 17.7 Å². The number of morpholine rings is 1. The fourth-order valence-corrected chi connectivity index (χ4v) is 2.48. The van der Waals surface area contributed by atoms with Crippen molar-refractivity contribution >= 4 is 5.82 Å². The first-order chi connectivity index (χ1) is 8.27. The zero-order chi connectivity index (χ0) is 11.7. The third-order valence-electron chi connectivity index (χ3n) is 3.43. The van der Waals surface area contributed by atoms with Crippen LogP contribution >= 0.6 is 0 Å². The zero-order valence-corrected chi connectivity index (χ0v) is 10.1. The number of nitrogens with zero attached hydrogens (tertiary/aromatic N) is 3. The number of hydrogen-bond acceptors (Lipinski definition) is 5. The Kier molecular flexibility index (Phi) is 2.72. The molecule has 2 saturated heterocycles. The number of rotatable bonds is 1. The lowest BCUT2D eigenvalue weighted by Gasteiger charge is -2.40. The quantitative estimate of drug-likeness (QED) is 0.720. The molecule has 0 aromatic carbocycles. The molecule has 0 N–H and O–H groups in total. The molecule has 5 heteroatoms. The minimum absolute atomic E-state index is 0.114. The van der Waals surface area contributed by atoms with Gasteiger partial charge in [-0.15, -0.1) is 0 Å². The Labute approximate surface area is 101 Å². The summed E-state index contributed by atoms with van der Waals surface area (Å²) in [7, 11) is 0. The molecule has 1 spiro atoms. The van der Waals surface area contributed by atoms with Crippen LogP contribution in [0, 0.1) is 6.92 Å². The summed E-state index contributed by atoms with van der Waals surface area (Å²) >= 11 is 0. The van der Waals surface area contributed by atoms with Crippen LogP contribution in [0.4, 0.5) is 5.82 Å². The van der Waals surface area contributed by atoms with Gasteiger partial charge in [0.25, 0.3) is 0 Å². The van der Waals surface area contributed by atoms with Crippen molar-refractivity contribution in [3.8, 4) is 0 Å². The predicted octanol–water partition coefficient (Wildman–Crippen LogP) is 0.781. The highest BCUT2D eigenvalue weighted by Gasteiger charge is 2.40. The molecule has 0 amide bonds. The van der Waals surface area contributed by atoms with Crippen LogP contribution in [-0.4, -0.2) is 48.5 Å². The molecular formula is C12H17N3O2. The van der Waals surface area contributed by atoms with E-state index in [1.807, 2.05) is 13.0 Å². The predicted molar refractivity (Wildman–Crippen MR) is 63.1 cm³/mol. The zero-order valence-electron chi connectivity index (χ0n) is 10.1. The second kappa shape index (κ2) is 4.23. The van der Waals surface area contributed by atoms with E-state index in [1.165, 1.54) is 0 Å². The van der Waals surface area contributed by atoms with Gasteiger partial charge in [0.2, 0.25) is 0 Å². The molecule has 0 bridgehead atoms. The molecule has 2 fully saturated rings. The lowest BCUT2D eigenvalue weighted by atomic mass is 10.0. The van der Waals surface area contributed by atoms with E-state index in [1.54, 1.807) is 6.33 Å². The van der Waals surface area contributed by atoms with Gasteiger partial charge in [0.05, 0.1) is 19.8 Å². The monoisotopic (exact) mass is 235 g/mol. The van der Waals surface area contributed by atoms with Crippen LogP contribution < -0.4 is 4.90 Å². The molecule has 1 aromatic heterocycles. The smallest absolute Gasteiger partial charge is 0.132 e. The maximum atomic E-state index is 5.90. The van der Waals surface area contributed by atoms with Crippen molar-refractivity contribution in [3.05, 3.63) is 18.1 Å². The fraction of sp³-hybridized carbons (Fsp3) is 0.667. The molecule has 0 radical (unpaired) electrons. The van der Waals surface area contributed by atoms with Crippen LogP contribution in [0.3, 0.4) is 0 Å². The van der Waals surface area contributed by atoms with Crippen molar-refractivity contribution in [2.75, 3.05) is 37.8 Å². The van der Waals surface area contributed by atoms with Crippen molar-refractivity contribution in [1.29, 1.82) is 0 Å². The van der Waals surface area contributed by atoms with Gasteiger partial charge in [-0.2, -0.15) is 0 Å². The van der Waals surface area contributed by atoms with E-state index in [9.17, 15) is 0 Å². The maximum Gasteiger partial charge on any atom is 0.132 e. The first-order valence-electron chi connectivity index (χ1n) is 6.03. The molecule has 0 saturated carbocycles. The van der Waals surface area contributed by atoms with Gasteiger partial charge < -0.3 is 14.4 Å². The first kappa shape index (κ1) is 10.9. The van der Waals surface area contributed by atoms with Gasteiger partial charge in [0, 0.05) is 31.3 Å². The lowest BCUT2D eigenvalue weighted by Crippen LogP contribution is -2.52. The molecule has 92 valence electrons. The van der Waals surface area contributed by atoms with Crippen LogP contribution in [0.5, 0.6) is 0 Å². The minimum Gasteiger partial charge on any atom is -0.378 e. The second-order valence-electron chi connectivity index (χ2n) is 4.77. The molecule has 1 aromatic rings. The van der Waals surface area contributed by atoms with Crippen molar-refractivity contribution in [2.45, 2.75) is 18.9 Å². The number of ether oxygens (including phenoxy) is 2. The minimum atomic E-state index is -0.114. The number of aryl methyl sites for hydroxylation is 1. The van der Waals surface area contributed by atoms with Gasteiger partial charge in [-0.25, -0.2) is 9.97 Å². The third-order valence-corrected chi connectivity index (χ3v) is 3.43. The molecule has 2 aliphatic rings. The Balaban J connectivity index is 1.79. The molecule has 0 aliphatic carbocycles. The first-order valence-corrected chi connectivity index (χ1v) is 6.03. The summed E-state index contributed by atoms with van der Waals surface area (Å²) in [5.74, 6) is 0.993. The standard InChI is InChI=1S/C12H17N3O2/c1-10-6-11(14-9-13-10)15-3-5-17-12(7-15)2-4-16-8-12/h6,9H,2-5,7-8H2,1H3. The van der Waals surface area contributed by atoms with Gasteiger partial charge >= 0.3 is 0 Å². The molecule has 17 heavy (non-hydrogen) atoms. The van der Waals surface area contributed by atoms with Gasteiger partial charge in [-0.3, -0.25) is 0 Å². The number of hydrogen-bond donors (Lipinski definition) is 0. The van der Waals surface area contributed by atoms with E-state index in [0.29, 0.717) is 6.61 Å². The maximum absolute atomic E-state index is 5.90. The van der Waals surface area contributed by atoms with Gasteiger partial charge in [-0.05, 0) is 6.92 Å². The SMILES string of the molecule is Cc1cc(N2CCOC3(CCOC3)C2)ncn1. The topological polar surface area (TPSA) is 47.5 Å². The third kappa shape index (κ3) is 2.12. The van der Waals surface area contributed by atoms with E-state index >= 15 is 0 Å². The largest absolute Gasteiger partial charge is 0.378 e. The average Bonchev–Trinajstić information content (AvgIpc) is 2.77. The summed E-state index contributed by atoms with van der Waals surface area (Å²) in [5, 5.41) is 0. The summed E-state index contributed by atoms with van der Waals surface area (Å²) < 4.78 is 11.4. The highest BCUT2D eigenvalue weighted by molar-refractivity contribution is 5.40. The lowest BCUT2D eigenvalue weighted by molar-refractivity contribution is -0.0581. The molecular weight excluding hydrogens is 218 g/mol. The summed E-state index contributed by atoms with van der Waals surface area (Å²) in [4.78, 5) is 10.7. The Morgan fingerprint density at radius 3 is 3.06 bits per heavy atom. The number of aromatic nitrogens is 2. The Morgan fingerprint density at radius 1 is 1.35 bits per heavy atom. The Morgan fingerprint density at radius 2 is 2.29 bits per heavy atom. The summed E-state index contributed by atoms with van der Waals surface area (Å²) in [6, 6.07) is 2.02. The molecule has 3 rings (SSSR count). The molecule has 1 unspecified atom stereocenters. The van der Waals surface area contributed by atoms with E-state index in [-0.39, 0.29) is 5.60 Å². The summed E-state index contributed by atoms with van der Waals surface area (Å²) in [6.07, 6.45) is 2.60. The van der Waals surface area contributed by atoms with Crippen LogP contribution in [0.25, 0.3) is 0 Å². The highest BCUT2D eigenvalue weighted by atomic mass is 16.6.